The first-order chi connectivity index (χ1) is 6.76. The monoisotopic (exact) mass is 255 g/mol. The lowest BCUT2D eigenvalue weighted by atomic mass is 10.2. The normalized spacial score (nSPS) is 11.2. The highest BCUT2D eigenvalue weighted by Gasteiger charge is 1.95. The maximum atomic E-state index is 4.03. The molecule has 0 aliphatic rings. The summed E-state index contributed by atoms with van der Waals surface area (Å²) in [7, 11) is 3.59. The van der Waals surface area contributed by atoms with Gasteiger partial charge in [0, 0.05) is 25.1 Å². The van der Waals surface area contributed by atoms with Crippen LogP contribution in [0.5, 0.6) is 0 Å². The maximum Gasteiger partial charge on any atom is 0.190 e. The number of benzene rings is 1. The van der Waals surface area contributed by atoms with Gasteiger partial charge in [-0.2, -0.15) is 0 Å². The molecule has 4 heteroatoms. The standard InChI is InChI=1S/C10H14BrN3/c1-12-10(13-2)14-7-8-4-3-5-9(11)6-8/h3-6H,7H2,1-2H3,(H2,12,13,14). The van der Waals surface area contributed by atoms with Gasteiger partial charge in [-0.25, -0.2) is 0 Å². The third-order valence-corrected chi connectivity index (χ3v) is 2.30. The summed E-state index contributed by atoms with van der Waals surface area (Å²) in [5.41, 5.74) is 1.22. The second-order valence-corrected chi connectivity index (χ2v) is 3.72. The molecule has 1 aromatic rings. The predicted octanol–water partition coefficient (Wildman–Crippen LogP) is 1.74. The van der Waals surface area contributed by atoms with E-state index >= 15 is 0 Å². The first kappa shape index (κ1) is 11.0. The van der Waals surface area contributed by atoms with E-state index in [0.717, 1.165) is 17.0 Å². The molecule has 0 bridgehead atoms. The summed E-state index contributed by atoms with van der Waals surface area (Å²) in [4.78, 5) is 4.03. The summed E-state index contributed by atoms with van der Waals surface area (Å²) in [6.45, 7) is 0.771. The molecule has 0 radical (unpaired) electrons. The Morgan fingerprint density at radius 1 is 1.50 bits per heavy atom. The van der Waals surface area contributed by atoms with Crippen LogP contribution in [0.1, 0.15) is 5.56 Å². The van der Waals surface area contributed by atoms with Gasteiger partial charge in [0.25, 0.3) is 0 Å². The zero-order valence-electron chi connectivity index (χ0n) is 8.34. The molecule has 0 spiro atoms. The zero-order chi connectivity index (χ0) is 10.4. The van der Waals surface area contributed by atoms with Crippen LogP contribution in [0.15, 0.2) is 33.7 Å². The maximum absolute atomic E-state index is 4.03. The molecule has 14 heavy (non-hydrogen) atoms. The van der Waals surface area contributed by atoms with Crippen LogP contribution in [0.25, 0.3) is 0 Å². The summed E-state index contributed by atoms with van der Waals surface area (Å²) >= 11 is 3.43. The van der Waals surface area contributed by atoms with E-state index < -0.39 is 0 Å². The summed E-state index contributed by atoms with van der Waals surface area (Å²) in [6.07, 6.45) is 0. The van der Waals surface area contributed by atoms with Crippen LogP contribution in [0, 0.1) is 0 Å². The SMILES string of the molecule is CN=C(NC)NCc1cccc(Br)c1. The molecule has 76 valence electrons. The molecule has 0 aliphatic carbocycles. The molecule has 2 N–H and O–H groups in total. The zero-order valence-corrected chi connectivity index (χ0v) is 9.93. The molecular weight excluding hydrogens is 242 g/mol. The number of nitrogens with one attached hydrogen (secondary N) is 2. The van der Waals surface area contributed by atoms with Gasteiger partial charge in [-0.15, -0.1) is 0 Å². The molecule has 0 amide bonds. The van der Waals surface area contributed by atoms with Gasteiger partial charge in [0.2, 0.25) is 0 Å². The van der Waals surface area contributed by atoms with Crippen LogP contribution < -0.4 is 10.6 Å². The Morgan fingerprint density at radius 3 is 2.86 bits per heavy atom. The molecular formula is C10H14BrN3. The van der Waals surface area contributed by atoms with Crippen LogP contribution in [0.4, 0.5) is 0 Å². The number of aliphatic imine (C=N–C) groups is 1. The van der Waals surface area contributed by atoms with E-state index in [1.165, 1.54) is 5.56 Å². The third kappa shape index (κ3) is 3.38. The fourth-order valence-corrected chi connectivity index (χ4v) is 1.56. The van der Waals surface area contributed by atoms with Crippen molar-refractivity contribution in [1.82, 2.24) is 10.6 Å². The van der Waals surface area contributed by atoms with Crippen LogP contribution in [-0.2, 0) is 6.54 Å². The third-order valence-electron chi connectivity index (χ3n) is 1.81. The Balaban J connectivity index is 2.53. The van der Waals surface area contributed by atoms with Crippen molar-refractivity contribution in [2.24, 2.45) is 4.99 Å². The van der Waals surface area contributed by atoms with Crippen LogP contribution >= 0.6 is 15.9 Å². The number of hydrogen-bond donors (Lipinski definition) is 2. The lowest BCUT2D eigenvalue weighted by Crippen LogP contribution is -2.34. The highest BCUT2D eigenvalue weighted by molar-refractivity contribution is 9.10. The number of halogens is 1. The molecule has 0 saturated carbocycles. The van der Waals surface area contributed by atoms with Gasteiger partial charge >= 0.3 is 0 Å². The van der Waals surface area contributed by atoms with E-state index in [2.05, 4.69) is 43.7 Å². The van der Waals surface area contributed by atoms with Crippen LogP contribution in [-0.4, -0.2) is 20.1 Å². The highest BCUT2D eigenvalue weighted by atomic mass is 79.9. The highest BCUT2D eigenvalue weighted by Crippen LogP contribution is 2.11. The van der Waals surface area contributed by atoms with Crippen molar-refractivity contribution in [3.63, 3.8) is 0 Å². The topological polar surface area (TPSA) is 36.4 Å². The Labute approximate surface area is 92.8 Å². The number of nitrogens with zero attached hydrogens (tertiary/aromatic N) is 1. The van der Waals surface area contributed by atoms with Gasteiger partial charge in [-0.05, 0) is 17.7 Å². The average Bonchev–Trinajstić information content (AvgIpc) is 2.19. The van der Waals surface area contributed by atoms with Gasteiger partial charge in [-0.3, -0.25) is 4.99 Å². The van der Waals surface area contributed by atoms with Crippen molar-refractivity contribution in [3.8, 4) is 0 Å². The molecule has 0 atom stereocenters. The molecule has 0 fully saturated rings. The van der Waals surface area contributed by atoms with Crippen molar-refractivity contribution < 1.29 is 0 Å². The fraction of sp³-hybridized carbons (Fsp3) is 0.300. The van der Waals surface area contributed by atoms with Crippen molar-refractivity contribution in [1.29, 1.82) is 0 Å². The second-order valence-electron chi connectivity index (χ2n) is 2.81. The lowest BCUT2D eigenvalue weighted by molar-refractivity contribution is 0.865. The minimum atomic E-state index is 0.771. The Bertz CT molecular complexity index is 323. The number of guanidine groups is 1. The molecule has 0 unspecified atom stereocenters. The smallest absolute Gasteiger partial charge is 0.190 e. The predicted molar refractivity (Wildman–Crippen MR) is 63.4 cm³/mol. The van der Waals surface area contributed by atoms with Crippen molar-refractivity contribution in [3.05, 3.63) is 34.3 Å². The lowest BCUT2D eigenvalue weighted by Gasteiger charge is -2.08. The van der Waals surface area contributed by atoms with Gasteiger partial charge in [-0.1, -0.05) is 28.1 Å². The van der Waals surface area contributed by atoms with Gasteiger partial charge in [0.05, 0.1) is 0 Å². The molecule has 0 aliphatic heterocycles. The molecule has 0 heterocycles. The first-order valence-corrected chi connectivity index (χ1v) is 5.18. The molecule has 3 nitrogen and oxygen atoms in total. The van der Waals surface area contributed by atoms with Crippen molar-refractivity contribution >= 4 is 21.9 Å². The fourth-order valence-electron chi connectivity index (χ4n) is 1.11. The van der Waals surface area contributed by atoms with Gasteiger partial charge in [0.1, 0.15) is 0 Å². The Kier molecular flexibility index (Phi) is 4.46. The summed E-state index contributed by atoms with van der Waals surface area (Å²) in [6, 6.07) is 8.18. The van der Waals surface area contributed by atoms with Gasteiger partial charge < -0.3 is 10.6 Å². The van der Waals surface area contributed by atoms with Crippen LogP contribution in [0.2, 0.25) is 0 Å². The minimum absolute atomic E-state index is 0.771. The molecule has 1 rings (SSSR count). The summed E-state index contributed by atoms with van der Waals surface area (Å²) < 4.78 is 1.09. The second kappa shape index (κ2) is 5.65. The summed E-state index contributed by atoms with van der Waals surface area (Å²) in [5.74, 6) is 0.796. The van der Waals surface area contributed by atoms with Crippen LogP contribution in [0.3, 0.4) is 0 Å². The van der Waals surface area contributed by atoms with E-state index in [4.69, 9.17) is 0 Å². The number of hydrogen-bond acceptors (Lipinski definition) is 1. The summed E-state index contributed by atoms with van der Waals surface area (Å²) in [5, 5.41) is 6.14. The van der Waals surface area contributed by atoms with E-state index in [1.807, 2.05) is 19.2 Å². The quantitative estimate of drug-likeness (QED) is 0.624. The largest absolute Gasteiger partial charge is 0.359 e. The molecule has 1 aromatic carbocycles. The molecule has 0 saturated heterocycles. The van der Waals surface area contributed by atoms with Crippen molar-refractivity contribution in [2.45, 2.75) is 6.54 Å². The van der Waals surface area contributed by atoms with E-state index in [-0.39, 0.29) is 0 Å². The van der Waals surface area contributed by atoms with E-state index in [9.17, 15) is 0 Å². The van der Waals surface area contributed by atoms with Crippen molar-refractivity contribution in [2.75, 3.05) is 14.1 Å². The van der Waals surface area contributed by atoms with Gasteiger partial charge in [0.15, 0.2) is 5.96 Å². The first-order valence-electron chi connectivity index (χ1n) is 4.39. The minimum Gasteiger partial charge on any atom is -0.359 e. The Hall–Kier alpha value is -1.03. The average molecular weight is 256 g/mol. The molecule has 0 aromatic heterocycles. The van der Waals surface area contributed by atoms with E-state index in [0.29, 0.717) is 0 Å². The Morgan fingerprint density at radius 2 is 2.29 bits per heavy atom. The van der Waals surface area contributed by atoms with E-state index in [1.54, 1.807) is 7.05 Å². The number of rotatable bonds is 2.